The number of nitrogen functional groups attached to an aromatic ring is 1. The van der Waals surface area contributed by atoms with Crippen LogP contribution in [-0.2, 0) is 0 Å². The van der Waals surface area contributed by atoms with Crippen LogP contribution in [0.4, 0.5) is 5.95 Å². The van der Waals surface area contributed by atoms with Crippen molar-refractivity contribution in [2.24, 2.45) is 0 Å². The fourth-order valence-electron chi connectivity index (χ4n) is 1.32. The van der Waals surface area contributed by atoms with Crippen LogP contribution in [-0.4, -0.2) is 23.3 Å². The quantitative estimate of drug-likeness (QED) is 0.385. The lowest BCUT2D eigenvalue weighted by molar-refractivity contribution is 0.377. The molecule has 13 heavy (non-hydrogen) atoms. The van der Waals surface area contributed by atoms with Crippen molar-refractivity contribution in [2.75, 3.05) is 5.73 Å². The third-order valence-corrected chi connectivity index (χ3v) is 1.87. The number of hydrogen-bond donors (Lipinski definition) is 1. The van der Waals surface area contributed by atoms with Crippen LogP contribution in [0, 0.1) is 0 Å². The number of anilines is 1. The lowest BCUT2D eigenvalue weighted by atomic mass is 10.8. The Morgan fingerprint density at radius 3 is 2.08 bits per heavy atom. The molecule has 0 aromatic carbocycles. The Hall–Kier alpha value is -2.32. The van der Waals surface area contributed by atoms with Gasteiger partial charge in [0.25, 0.3) is 5.95 Å². The van der Waals surface area contributed by atoms with Gasteiger partial charge in [0.2, 0.25) is 0 Å². The van der Waals surface area contributed by atoms with Crippen molar-refractivity contribution in [1.29, 1.82) is 0 Å². The van der Waals surface area contributed by atoms with Gasteiger partial charge in [0.15, 0.2) is 0 Å². The molecular formula is C4H2N6O3. The minimum atomic E-state index is -0.799. The molecule has 0 unspecified atom stereocenters. The molecule has 5 aromatic rings. The third kappa shape index (κ3) is 0.402. The van der Waals surface area contributed by atoms with E-state index < -0.39 is 17.1 Å². The second-order valence-electron chi connectivity index (χ2n) is 2.53. The molecule has 0 aliphatic heterocycles. The fraction of sp³-hybridized carbons (Fsp3) is 0. The molecule has 5 heterocycles. The molecule has 0 aliphatic carbocycles. The van der Waals surface area contributed by atoms with E-state index in [0.29, 0.717) is 4.52 Å². The maximum Gasteiger partial charge on any atom is 0.378 e. The number of nitrogens with zero attached hydrogens (tertiary/aromatic N) is 5. The average molecular weight is 182 g/mol. The topological polar surface area (TPSA) is 108 Å². The minimum absolute atomic E-state index is 0.0844. The van der Waals surface area contributed by atoms with Crippen LogP contribution in [0.1, 0.15) is 0 Å². The van der Waals surface area contributed by atoms with Crippen molar-refractivity contribution < 1.29 is 0 Å². The summed E-state index contributed by atoms with van der Waals surface area (Å²) in [5.74, 6) is -0.0844. The standard InChI is InChI=1S/C4H2N6O3/c5-1-6-7-2(11)8-4(13)9(3(7)12)10(1)8/h(H2,5,6). The molecule has 0 spiro atoms. The van der Waals surface area contributed by atoms with Gasteiger partial charge in [-0.1, -0.05) is 0 Å². The zero-order valence-corrected chi connectivity index (χ0v) is 6.04. The fourth-order valence-corrected chi connectivity index (χ4v) is 1.32. The van der Waals surface area contributed by atoms with Gasteiger partial charge in [-0.15, -0.1) is 23.3 Å². The smallest absolute Gasteiger partial charge is 0.365 e. The molecule has 0 saturated heterocycles. The molecule has 0 aliphatic rings. The highest BCUT2D eigenvalue weighted by atomic mass is 16.2. The first kappa shape index (κ1) is 6.22. The molecule has 0 atom stereocenters. The first-order valence-corrected chi connectivity index (χ1v) is 3.29. The summed E-state index contributed by atoms with van der Waals surface area (Å²) in [5.41, 5.74) is 3.02. The summed E-state index contributed by atoms with van der Waals surface area (Å²) in [6.45, 7) is 0. The van der Waals surface area contributed by atoms with Gasteiger partial charge in [-0.2, -0.15) is 0 Å². The van der Waals surface area contributed by atoms with Crippen molar-refractivity contribution in [3.63, 3.8) is 0 Å². The second kappa shape index (κ2) is 1.42. The van der Waals surface area contributed by atoms with Crippen LogP contribution in [0.2, 0.25) is 0 Å². The van der Waals surface area contributed by atoms with Crippen molar-refractivity contribution >= 4 is 5.95 Å². The van der Waals surface area contributed by atoms with Gasteiger partial charge in [-0.25, -0.2) is 14.4 Å². The highest BCUT2D eigenvalue weighted by Gasteiger charge is 2.23. The van der Waals surface area contributed by atoms with E-state index in [2.05, 4.69) is 5.10 Å². The van der Waals surface area contributed by atoms with Crippen LogP contribution in [0.15, 0.2) is 14.4 Å². The van der Waals surface area contributed by atoms with Gasteiger partial charge in [0.1, 0.15) is 0 Å². The molecule has 66 valence electrons. The molecule has 0 amide bonds. The first-order valence-electron chi connectivity index (χ1n) is 3.29. The van der Waals surface area contributed by atoms with Crippen molar-refractivity contribution in [1.82, 2.24) is 23.3 Å². The summed E-state index contributed by atoms with van der Waals surface area (Å²) in [7, 11) is 0. The number of aromatic nitrogens is 5. The van der Waals surface area contributed by atoms with Crippen LogP contribution in [0.25, 0.3) is 0 Å². The van der Waals surface area contributed by atoms with E-state index in [1.54, 1.807) is 0 Å². The van der Waals surface area contributed by atoms with Crippen LogP contribution in [0.3, 0.4) is 0 Å². The molecule has 5 aromatic heterocycles. The summed E-state index contributed by atoms with van der Waals surface area (Å²) in [6.07, 6.45) is 0. The van der Waals surface area contributed by atoms with E-state index in [0.717, 1.165) is 13.7 Å². The summed E-state index contributed by atoms with van der Waals surface area (Å²) < 4.78 is 2.91. The van der Waals surface area contributed by atoms with E-state index in [4.69, 9.17) is 5.73 Å². The van der Waals surface area contributed by atoms with Crippen LogP contribution in [0.5, 0.6) is 0 Å². The van der Waals surface area contributed by atoms with E-state index in [-0.39, 0.29) is 5.95 Å². The van der Waals surface area contributed by atoms with Crippen molar-refractivity contribution in [2.45, 2.75) is 0 Å². The summed E-state index contributed by atoms with van der Waals surface area (Å²) in [6, 6.07) is 0. The molecule has 5 rings (SSSR count). The number of hydrogen-bond acceptors (Lipinski definition) is 5. The molecule has 9 nitrogen and oxygen atoms in total. The van der Waals surface area contributed by atoms with E-state index in [9.17, 15) is 14.4 Å². The minimum Gasteiger partial charge on any atom is -0.365 e. The summed E-state index contributed by atoms with van der Waals surface area (Å²) in [4.78, 5) is 33.4. The Bertz CT molecular complexity index is 691. The predicted molar refractivity (Wildman–Crippen MR) is 38.6 cm³/mol. The number of fused-ring (bicyclic) bond motifs is 1. The van der Waals surface area contributed by atoms with Crippen molar-refractivity contribution in [3.05, 3.63) is 31.5 Å². The molecule has 4 bridgehead atoms. The number of rotatable bonds is 0. The molecule has 0 fully saturated rings. The zero-order chi connectivity index (χ0) is 9.33. The molecule has 2 N–H and O–H groups in total. The van der Waals surface area contributed by atoms with E-state index in [1.165, 1.54) is 0 Å². The van der Waals surface area contributed by atoms with E-state index >= 15 is 0 Å². The molecule has 0 saturated carbocycles. The van der Waals surface area contributed by atoms with Gasteiger partial charge >= 0.3 is 17.1 Å². The maximum absolute atomic E-state index is 11.2. The van der Waals surface area contributed by atoms with E-state index in [1.807, 2.05) is 0 Å². The van der Waals surface area contributed by atoms with Gasteiger partial charge < -0.3 is 5.73 Å². The van der Waals surface area contributed by atoms with Gasteiger partial charge in [-0.3, -0.25) is 0 Å². The Labute approximate surface area is 67.5 Å². The maximum atomic E-state index is 11.2. The first-order chi connectivity index (χ1) is 6.13. The average Bonchev–Trinajstić information content (AvgIpc) is 2.05. The Morgan fingerprint density at radius 1 is 1.00 bits per heavy atom. The molecular weight excluding hydrogens is 180 g/mol. The summed E-state index contributed by atoms with van der Waals surface area (Å²) in [5, 5.41) is 3.45. The number of nitrogens with two attached hydrogens (primary N) is 1. The molecule has 0 radical (unpaired) electrons. The second-order valence-corrected chi connectivity index (χ2v) is 2.53. The van der Waals surface area contributed by atoms with Crippen LogP contribution >= 0.6 is 0 Å². The Balaban J connectivity index is 3.00. The Kier molecular flexibility index (Phi) is 0.679. The normalized spacial score (nSPS) is 12.3. The SMILES string of the molecule is Nc1nn2c(=O)n3c(=O)n(c2=O)n13. The monoisotopic (exact) mass is 182 g/mol. The largest absolute Gasteiger partial charge is 0.378 e. The summed E-state index contributed by atoms with van der Waals surface area (Å²) >= 11 is 0. The molecule has 9 heteroatoms. The predicted octanol–water partition coefficient (Wildman–Crippen LogP) is -3.68. The Morgan fingerprint density at radius 2 is 1.54 bits per heavy atom. The lowest BCUT2D eigenvalue weighted by Crippen LogP contribution is -2.61. The van der Waals surface area contributed by atoms with Gasteiger partial charge in [0.05, 0.1) is 0 Å². The van der Waals surface area contributed by atoms with Gasteiger partial charge in [-0.05, 0) is 0 Å². The highest BCUT2D eigenvalue weighted by molar-refractivity contribution is 5.12. The highest BCUT2D eigenvalue weighted by Crippen LogP contribution is 1.89. The van der Waals surface area contributed by atoms with Crippen LogP contribution < -0.4 is 22.8 Å². The third-order valence-electron chi connectivity index (χ3n) is 1.87. The van der Waals surface area contributed by atoms with Crippen molar-refractivity contribution in [3.8, 4) is 0 Å². The zero-order valence-electron chi connectivity index (χ0n) is 6.04. The lowest BCUT2D eigenvalue weighted by Gasteiger charge is -2.14. The van der Waals surface area contributed by atoms with Gasteiger partial charge in [0, 0.05) is 0 Å².